The Morgan fingerprint density at radius 3 is 2.40 bits per heavy atom. The minimum Gasteiger partial charge on any atom is -0.322 e. The summed E-state index contributed by atoms with van der Waals surface area (Å²) in [5.41, 5.74) is 5.19. The number of nitrogens with zero attached hydrogens (tertiary/aromatic N) is 2. The molecule has 0 atom stereocenters. The highest BCUT2D eigenvalue weighted by Gasteiger charge is 2.12. The highest BCUT2D eigenvalue weighted by molar-refractivity contribution is 6.04. The fraction of sp³-hybridized carbons (Fsp3) is 0.200. The lowest BCUT2D eigenvalue weighted by Crippen LogP contribution is -2.13. The van der Waals surface area contributed by atoms with Crippen molar-refractivity contribution in [2.75, 3.05) is 5.32 Å². The predicted octanol–water partition coefficient (Wildman–Crippen LogP) is 4.02. The molecule has 0 aliphatic heterocycles. The summed E-state index contributed by atoms with van der Waals surface area (Å²) < 4.78 is 15.5. The van der Waals surface area contributed by atoms with Gasteiger partial charge in [-0.1, -0.05) is 24.3 Å². The number of hydrogen-bond acceptors (Lipinski definition) is 2. The van der Waals surface area contributed by atoms with Gasteiger partial charge in [0.15, 0.2) is 0 Å². The molecular weight excluding hydrogens is 317 g/mol. The van der Waals surface area contributed by atoms with E-state index in [1.807, 2.05) is 42.9 Å². The average Bonchev–Trinajstić information content (AvgIpc) is 2.83. The van der Waals surface area contributed by atoms with Crippen LogP contribution in [0.3, 0.4) is 0 Å². The molecule has 0 saturated heterocycles. The van der Waals surface area contributed by atoms with Gasteiger partial charge in [-0.15, -0.1) is 0 Å². The number of aryl methyl sites for hydroxylation is 2. The van der Waals surface area contributed by atoms with E-state index >= 15 is 0 Å². The summed E-state index contributed by atoms with van der Waals surface area (Å²) >= 11 is 0. The maximum atomic E-state index is 13.7. The first-order chi connectivity index (χ1) is 12.0. The topological polar surface area (TPSA) is 46.9 Å². The Hall–Kier alpha value is -2.95. The number of amides is 1. The van der Waals surface area contributed by atoms with Crippen LogP contribution in [-0.2, 0) is 13.5 Å². The van der Waals surface area contributed by atoms with E-state index < -0.39 is 11.7 Å². The maximum Gasteiger partial charge on any atom is 0.258 e. The molecule has 0 bridgehead atoms. The molecule has 2 aromatic carbocycles. The summed E-state index contributed by atoms with van der Waals surface area (Å²) in [6.45, 7) is 4.06. The van der Waals surface area contributed by atoms with Gasteiger partial charge in [0.25, 0.3) is 5.91 Å². The lowest BCUT2D eigenvalue weighted by molar-refractivity contribution is 0.102. The van der Waals surface area contributed by atoms with Crippen LogP contribution in [0.4, 0.5) is 10.1 Å². The van der Waals surface area contributed by atoms with E-state index in [4.69, 9.17) is 0 Å². The Bertz CT molecular complexity index is 913. The molecule has 1 N–H and O–H groups in total. The molecule has 0 aliphatic carbocycles. The molecule has 25 heavy (non-hydrogen) atoms. The monoisotopic (exact) mass is 337 g/mol. The van der Waals surface area contributed by atoms with Crippen molar-refractivity contribution in [3.63, 3.8) is 0 Å². The van der Waals surface area contributed by atoms with Gasteiger partial charge in [0.2, 0.25) is 0 Å². The zero-order valence-electron chi connectivity index (χ0n) is 14.5. The van der Waals surface area contributed by atoms with Gasteiger partial charge < -0.3 is 5.32 Å². The van der Waals surface area contributed by atoms with Gasteiger partial charge in [-0.3, -0.25) is 9.48 Å². The fourth-order valence-corrected chi connectivity index (χ4v) is 2.83. The molecule has 0 fully saturated rings. The van der Waals surface area contributed by atoms with E-state index in [0.29, 0.717) is 5.69 Å². The third-order valence-electron chi connectivity index (χ3n) is 4.37. The second-order valence-corrected chi connectivity index (χ2v) is 6.08. The Morgan fingerprint density at radius 2 is 1.80 bits per heavy atom. The van der Waals surface area contributed by atoms with Gasteiger partial charge >= 0.3 is 0 Å². The smallest absolute Gasteiger partial charge is 0.258 e. The Morgan fingerprint density at radius 1 is 1.12 bits per heavy atom. The predicted molar refractivity (Wildman–Crippen MR) is 96.3 cm³/mol. The van der Waals surface area contributed by atoms with Crippen LogP contribution in [0.25, 0.3) is 0 Å². The molecule has 0 aliphatic rings. The van der Waals surface area contributed by atoms with Crippen molar-refractivity contribution in [1.82, 2.24) is 9.78 Å². The van der Waals surface area contributed by atoms with E-state index in [1.165, 1.54) is 17.7 Å². The third kappa shape index (κ3) is 3.60. The lowest BCUT2D eigenvalue weighted by atomic mass is 10.0. The van der Waals surface area contributed by atoms with Crippen LogP contribution in [-0.4, -0.2) is 15.7 Å². The highest BCUT2D eigenvalue weighted by Crippen LogP contribution is 2.19. The van der Waals surface area contributed by atoms with Gasteiger partial charge in [0.05, 0.1) is 11.3 Å². The number of carbonyl (C=O) groups is 1. The van der Waals surface area contributed by atoms with Gasteiger partial charge in [0.1, 0.15) is 5.82 Å². The van der Waals surface area contributed by atoms with Crippen molar-refractivity contribution in [3.8, 4) is 0 Å². The summed E-state index contributed by atoms with van der Waals surface area (Å²) in [5, 5.41) is 7.15. The molecule has 0 spiro atoms. The van der Waals surface area contributed by atoms with Crippen molar-refractivity contribution in [2.24, 2.45) is 7.05 Å². The fourth-order valence-electron chi connectivity index (χ4n) is 2.83. The highest BCUT2D eigenvalue weighted by atomic mass is 19.1. The number of anilines is 1. The molecule has 0 saturated carbocycles. The minimum absolute atomic E-state index is 0.0354. The first-order valence-corrected chi connectivity index (χ1v) is 8.09. The zero-order valence-corrected chi connectivity index (χ0v) is 14.5. The normalized spacial score (nSPS) is 10.7. The summed E-state index contributed by atoms with van der Waals surface area (Å²) in [4.78, 5) is 12.1. The first kappa shape index (κ1) is 16.9. The van der Waals surface area contributed by atoms with Crippen molar-refractivity contribution in [2.45, 2.75) is 20.3 Å². The van der Waals surface area contributed by atoms with E-state index in [2.05, 4.69) is 17.3 Å². The summed E-state index contributed by atoms with van der Waals surface area (Å²) in [6.07, 6.45) is 0.785. The van der Waals surface area contributed by atoms with Crippen LogP contribution in [0.2, 0.25) is 0 Å². The number of halogens is 1. The van der Waals surface area contributed by atoms with Gasteiger partial charge in [-0.05, 0) is 43.7 Å². The Balaban J connectivity index is 1.72. The van der Waals surface area contributed by atoms with Crippen LogP contribution in [0.5, 0.6) is 0 Å². The summed E-state index contributed by atoms with van der Waals surface area (Å²) in [7, 11) is 1.94. The van der Waals surface area contributed by atoms with Crippen LogP contribution in [0.15, 0.2) is 48.5 Å². The molecule has 0 radical (unpaired) electrons. The summed E-state index contributed by atoms with van der Waals surface area (Å²) in [6, 6.07) is 13.5. The van der Waals surface area contributed by atoms with Crippen molar-refractivity contribution in [3.05, 3.63) is 82.4 Å². The van der Waals surface area contributed by atoms with Crippen LogP contribution in [0.1, 0.15) is 32.9 Å². The van der Waals surface area contributed by atoms with Crippen LogP contribution < -0.4 is 5.32 Å². The third-order valence-corrected chi connectivity index (χ3v) is 4.37. The molecule has 4 nitrogen and oxygen atoms in total. The first-order valence-electron chi connectivity index (χ1n) is 8.09. The largest absolute Gasteiger partial charge is 0.322 e. The summed E-state index contributed by atoms with van der Waals surface area (Å²) in [5.74, 6) is -0.982. The lowest BCUT2D eigenvalue weighted by Gasteiger charge is -2.08. The number of hydrogen-bond donors (Lipinski definition) is 1. The molecule has 128 valence electrons. The number of rotatable bonds is 4. The van der Waals surface area contributed by atoms with Crippen LogP contribution in [0, 0.1) is 19.7 Å². The van der Waals surface area contributed by atoms with Gasteiger partial charge in [-0.2, -0.15) is 5.10 Å². The molecule has 1 amide bonds. The van der Waals surface area contributed by atoms with E-state index in [0.717, 1.165) is 23.4 Å². The average molecular weight is 337 g/mol. The molecule has 0 unspecified atom stereocenters. The van der Waals surface area contributed by atoms with Crippen LogP contribution >= 0.6 is 0 Å². The molecule has 5 heteroatoms. The molecule has 3 rings (SSSR count). The van der Waals surface area contributed by atoms with E-state index in [9.17, 15) is 9.18 Å². The van der Waals surface area contributed by atoms with Gasteiger partial charge in [-0.25, -0.2) is 4.39 Å². The molecular formula is C20H20FN3O. The standard InChI is InChI=1S/C20H20FN3O/c1-13-18(14(2)24(3)23-13)12-15-8-10-16(11-9-15)22-20(25)17-6-4-5-7-19(17)21/h4-11H,12H2,1-3H3,(H,22,25). The second kappa shape index (κ2) is 6.89. The van der Waals surface area contributed by atoms with Crippen molar-refractivity contribution < 1.29 is 9.18 Å². The number of aromatic nitrogens is 2. The Kier molecular flexibility index (Phi) is 4.65. The number of benzene rings is 2. The van der Waals surface area contributed by atoms with Gasteiger partial charge in [0, 0.05) is 30.4 Å². The van der Waals surface area contributed by atoms with Crippen molar-refractivity contribution in [1.29, 1.82) is 0 Å². The Labute approximate surface area is 146 Å². The van der Waals surface area contributed by atoms with Crippen molar-refractivity contribution >= 4 is 11.6 Å². The SMILES string of the molecule is Cc1nn(C)c(C)c1Cc1ccc(NC(=O)c2ccccc2F)cc1. The number of carbonyl (C=O) groups excluding carboxylic acids is 1. The second-order valence-electron chi connectivity index (χ2n) is 6.08. The van der Waals surface area contributed by atoms with E-state index in [1.54, 1.807) is 12.1 Å². The molecule has 3 aromatic rings. The zero-order chi connectivity index (χ0) is 18.0. The quantitative estimate of drug-likeness (QED) is 0.782. The number of nitrogens with one attached hydrogen (secondary N) is 1. The molecule has 1 heterocycles. The maximum absolute atomic E-state index is 13.7. The molecule has 1 aromatic heterocycles. The minimum atomic E-state index is -0.529. The van der Waals surface area contributed by atoms with E-state index in [-0.39, 0.29) is 5.56 Å².